The van der Waals surface area contributed by atoms with Crippen molar-refractivity contribution in [2.45, 2.75) is 51.2 Å². The van der Waals surface area contributed by atoms with Gasteiger partial charge >= 0.3 is 0 Å². The lowest BCUT2D eigenvalue weighted by atomic mass is 9.89. The Kier molecular flexibility index (Phi) is 8.73. The average molecular weight is 597 g/mol. The first-order valence-corrected chi connectivity index (χ1v) is 14.7. The molecule has 1 N–H and O–H groups in total. The smallest absolute Gasteiger partial charge is 0.266 e. The molecule has 0 radical (unpaired) electrons. The fourth-order valence-electron chi connectivity index (χ4n) is 5.59. The summed E-state index contributed by atoms with van der Waals surface area (Å²) in [6, 6.07) is 15.5. The van der Waals surface area contributed by atoms with Gasteiger partial charge in [-0.25, -0.2) is 8.78 Å². The van der Waals surface area contributed by atoms with Gasteiger partial charge in [0.2, 0.25) is 0 Å². The minimum atomic E-state index is -0.662. The van der Waals surface area contributed by atoms with E-state index in [0.717, 1.165) is 65.8 Å². The second kappa shape index (κ2) is 12.3. The number of amides is 1. The largest absolute Gasteiger partial charge is 0.496 e. The van der Waals surface area contributed by atoms with Crippen molar-refractivity contribution in [3.63, 3.8) is 0 Å². The minimum absolute atomic E-state index is 0.0254. The van der Waals surface area contributed by atoms with Crippen molar-refractivity contribution >= 4 is 44.7 Å². The van der Waals surface area contributed by atoms with E-state index in [2.05, 4.69) is 5.32 Å². The zero-order valence-corrected chi connectivity index (χ0v) is 24.7. The maximum Gasteiger partial charge on any atom is 0.266 e. The monoisotopic (exact) mass is 596 g/mol. The molecular formula is C32H31ClF2N2O3S. The normalized spacial score (nSPS) is 17.0. The number of nitrogens with one attached hydrogen (secondary N) is 1. The Bertz CT molecular complexity index is 1610. The minimum Gasteiger partial charge on any atom is -0.496 e. The molecule has 9 heteroatoms. The highest BCUT2D eigenvalue weighted by Crippen LogP contribution is 2.40. The van der Waals surface area contributed by atoms with E-state index in [1.807, 2.05) is 43.4 Å². The SMILES string of the molecule is CN[C@H]1CC[C@@H](N(Cc2cc(-c3cccc(C(C)=O)c3)ccc2OC)C(=O)c2sc3c(F)ccc(F)c3c2Cl)CC1. The van der Waals surface area contributed by atoms with Crippen molar-refractivity contribution < 1.29 is 23.1 Å². The first kappa shape index (κ1) is 29.2. The van der Waals surface area contributed by atoms with Crippen LogP contribution in [-0.4, -0.2) is 42.8 Å². The average Bonchev–Trinajstić information content (AvgIpc) is 3.35. The lowest BCUT2D eigenvalue weighted by Crippen LogP contribution is -2.44. The summed E-state index contributed by atoms with van der Waals surface area (Å²) in [5.74, 6) is -1.06. The molecule has 1 aliphatic rings. The number of fused-ring (bicyclic) bond motifs is 1. The number of nitrogens with zero attached hydrogens (tertiary/aromatic N) is 1. The van der Waals surface area contributed by atoms with Gasteiger partial charge in [0.1, 0.15) is 22.3 Å². The summed E-state index contributed by atoms with van der Waals surface area (Å²) in [6.45, 7) is 1.74. The first-order valence-electron chi connectivity index (χ1n) is 13.5. The van der Waals surface area contributed by atoms with Gasteiger partial charge in [-0.1, -0.05) is 35.9 Å². The van der Waals surface area contributed by atoms with Crippen LogP contribution in [-0.2, 0) is 6.54 Å². The molecule has 214 valence electrons. The summed E-state index contributed by atoms with van der Waals surface area (Å²) in [5.41, 5.74) is 3.13. The predicted octanol–water partition coefficient (Wildman–Crippen LogP) is 7.88. The zero-order valence-electron chi connectivity index (χ0n) is 23.1. The van der Waals surface area contributed by atoms with Crippen LogP contribution >= 0.6 is 22.9 Å². The van der Waals surface area contributed by atoms with Gasteiger partial charge in [0, 0.05) is 29.8 Å². The molecule has 1 heterocycles. The van der Waals surface area contributed by atoms with Crippen LogP contribution in [0.1, 0.15) is 58.2 Å². The van der Waals surface area contributed by atoms with Crippen LogP contribution < -0.4 is 10.1 Å². The number of carbonyl (C=O) groups is 2. The van der Waals surface area contributed by atoms with Crippen LogP contribution in [0.15, 0.2) is 54.6 Å². The van der Waals surface area contributed by atoms with Crippen LogP contribution in [0, 0.1) is 11.6 Å². The van der Waals surface area contributed by atoms with Gasteiger partial charge in [0.15, 0.2) is 5.78 Å². The predicted molar refractivity (Wildman–Crippen MR) is 160 cm³/mol. The maximum absolute atomic E-state index is 14.7. The number of ketones is 1. The summed E-state index contributed by atoms with van der Waals surface area (Å²) in [6.07, 6.45) is 3.32. The lowest BCUT2D eigenvalue weighted by Gasteiger charge is -2.37. The molecule has 0 saturated heterocycles. The standard InChI is InChI=1S/C32H31ClF2N2O3S/c1-18(38)19-5-4-6-20(15-19)21-7-14-27(40-3)22(16-21)17-37(24-10-8-23(36-2)9-11-24)32(39)31-29(33)28-25(34)12-13-26(35)30(28)41-31/h4-7,12-16,23-24,36H,8-11,17H2,1-3H3/t23-,24+. The number of thiophene rings is 1. The van der Waals surface area contributed by atoms with Crippen molar-refractivity contribution in [1.82, 2.24) is 10.2 Å². The van der Waals surface area contributed by atoms with Gasteiger partial charge in [-0.15, -0.1) is 11.3 Å². The Morgan fingerprint density at radius 3 is 2.39 bits per heavy atom. The summed E-state index contributed by atoms with van der Waals surface area (Å²) in [4.78, 5) is 28.1. The van der Waals surface area contributed by atoms with E-state index >= 15 is 0 Å². The quantitative estimate of drug-likeness (QED) is 0.210. The van der Waals surface area contributed by atoms with E-state index < -0.39 is 11.6 Å². The number of benzene rings is 3. The van der Waals surface area contributed by atoms with Gasteiger partial charge in [-0.05, 0) is 81.1 Å². The second-order valence-electron chi connectivity index (χ2n) is 10.4. The molecule has 5 rings (SSSR count). The molecule has 1 fully saturated rings. The zero-order chi connectivity index (χ0) is 29.3. The topological polar surface area (TPSA) is 58.6 Å². The van der Waals surface area contributed by atoms with E-state index in [1.165, 1.54) is 6.92 Å². The molecule has 1 amide bonds. The molecule has 4 aromatic rings. The number of methoxy groups -OCH3 is 1. The summed E-state index contributed by atoms with van der Waals surface area (Å²) in [5, 5.41) is 3.19. The molecule has 0 unspecified atom stereocenters. The third-order valence-corrected chi connectivity index (χ3v) is 9.58. The van der Waals surface area contributed by atoms with Gasteiger partial charge in [-0.3, -0.25) is 9.59 Å². The molecule has 1 saturated carbocycles. The number of ether oxygens (including phenoxy) is 1. The molecule has 41 heavy (non-hydrogen) atoms. The van der Waals surface area contributed by atoms with E-state index in [-0.39, 0.29) is 44.3 Å². The van der Waals surface area contributed by atoms with E-state index in [0.29, 0.717) is 17.4 Å². The summed E-state index contributed by atoms with van der Waals surface area (Å²) >= 11 is 7.44. The van der Waals surface area contributed by atoms with Crippen molar-refractivity contribution in [1.29, 1.82) is 0 Å². The fraction of sp³-hybridized carbons (Fsp3) is 0.312. The van der Waals surface area contributed by atoms with E-state index in [1.54, 1.807) is 18.1 Å². The number of Topliss-reactive ketones (excluding diaryl/α,β-unsaturated/α-hetero) is 1. The van der Waals surface area contributed by atoms with Gasteiger partial charge < -0.3 is 15.0 Å². The summed E-state index contributed by atoms with van der Waals surface area (Å²) < 4.78 is 35.0. The highest BCUT2D eigenvalue weighted by molar-refractivity contribution is 7.21. The Hall–Kier alpha value is -3.33. The number of halogens is 3. The highest BCUT2D eigenvalue weighted by atomic mass is 35.5. The molecule has 1 aliphatic carbocycles. The lowest BCUT2D eigenvalue weighted by molar-refractivity contribution is 0.0604. The second-order valence-corrected chi connectivity index (χ2v) is 11.8. The number of carbonyl (C=O) groups excluding carboxylic acids is 2. The van der Waals surface area contributed by atoms with Gasteiger partial charge in [-0.2, -0.15) is 0 Å². The Labute approximate surface area is 247 Å². The van der Waals surface area contributed by atoms with Crippen LogP contribution in [0.25, 0.3) is 21.2 Å². The van der Waals surface area contributed by atoms with E-state index in [4.69, 9.17) is 16.3 Å². The van der Waals surface area contributed by atoms with Gasteiger partial charge in [0.05, 0.1) is 22.2 Å². The van der Waals surface area contributed by atoms with Crippen LogP contribution in [0.4, 0.5) is 8.78 Å². The van der Waals surface area contributed by atoms with Crippen molar-refractivity contribution in [2.24, 2.45) is 0 Å². The Balaban J connectivity index is 1.56. The van der Waals surface area contributed by atoms with Crippen LogP contribution in [0.2, 0.25) is 5.02 Å². The van der Waals surface area contributed by atoms with Crippen molar-refractivity contribution in [3.8, 4) is 16.9 Å². The molecule has 3 aromatic carbocycles. The molecule has 5 nitrogen and oxygen atoms in total. The first-order chi connectivity index (χ1) is 19.7. The van der Waals surface area contributed by atoms with Crippen molar-refractivity contribution in [2.75, 3.05) is 14.2 Å². The molecular weight excluding hydrogens is 566 g/mol. The summed E-state index contributed by atoms with van der Waals surface area (Å²) in [7, 11) is 3.51. The Morgan fingerprint density at radius 1 is 1.02 bits per heavy atom. The molecule has 0 spiro atoms. The molecule has 1 aromatic heterocycles. The third kappa shape index (κ3) is 5.87. The van der Waals surface area contributed by atoms with E-state index in [9.17, 15) is 18.4 Å². The molecule has 0 aliphatic heterocycles. The third-order valence-electron chi connectivity index (χ3n) is 7.91. The number of hydrogen-bond donors (Lipinski definition) is 1. The Morgan fingerprint density at radius 2 is 1.73 bits per heavy atom. The highest BCUT2D eigenvalue weighted by Gasteiger charge is 2.33. The molecule has 0 bridgehead atoms. The van der Waals surface area contributed by atoms with Gasteiger partial charge in [0.25, 0.3) is 5.91 Å². The molecule has 0 atom stereocenters. The number of rotatable bonds is 8. The van der Waals surface area contributed by atoms with Crippen LogP contribution in [0.5, 0.6) is 5.75 Å². The maximum atomic E-state index is 14.7. The van der Waals surface area contributed by atoms with Crippen LogP contribution in [0.3, 0.4) is 0 Å². The number of hydrogen-bond acceptors (Lipinski definition) is 5. The fourth-order valence-corrected chi connectivity index (χ4v) is 7.10. The van der Waals surface area contributed by atoms with Crippen molar-refractivity contribution in [3.05, 3.63) is 87.3 Å².